The number of nitrogens with zero attached hydrogens (tertiary/aromatic N) is 2. The fourth-order valence-electron chi connectivity index (χ4n) is 2.54. The van der Waals surface area contributed by atoms with Crippen LogP contribution in [0.3, 0.4) is 0 Å². The maximum absolute atomic E-state index is 13.6. The van der Waals surface area contributed by atoms with Gasteiger partial charge in [0.1, 0.15) is 22.9 Å². The van der Waals surface area contributed by atoms with Crippen molar-refractivity contribution >= 4 is 11.9 Å². The van der Waals surface area contributed by atoms with Crippen LogP contribution in [-0.4, -0.2) is 27.1 Å². The molecule has 0 spiro atoms. The second kappa shape index (κ2) is 8.03. The van der Waals surface area contributed by atoms with Gasteiger partial charge in [0.15, 0.2) is 0 Å². The Morgan fingerprint density at radius 1 is 1.25 bits per heavy atom. The van der Waals surface area contributed by atoms with Crippen LogP contribution in [-0.2, 0) is 17.8 Å². The number of rotatable bonds is 7. The number of nitrogens with one attached hydrogen (secondary N) is 1. The number of aromatic carboxylic acids is 1. The highest BCUT2D eigenvalue weighted by Crippen LogP contribution is 2.19. The number of carbonyl (C=O) groups is 2. The summed E-state index contributed by atoms with van der Waals surface area (Å²) in [7, 11) is 0. The monoisotopic (exact) mass is 387 g/mol. The van der Waals surface area contributed by atoms with Crippen molar-refractivity contribution in [2.75, 3.05) is 0 Å². The molecule has 0 aliphatic carbocycles. The number of carbonyl (C=O) groups excluding carboxylic acids is 1. The van der Waals surface area contributed by atoms with E-state index in [0.717, 1.165) is 0 Å². The molecular weight excluding hydrogens is 369 g/mol. The van der Waals surface area contributed by atoms with Crippen LogP contribution in [0.25, 0.3) is 11.4 Å². The van der Waals surface area contributed by atoms with E-state index < -0.39 is 5.97 Å². The largest absolute Gasteiger partial charge is 0.478 e. The van der Waals surface area contributed by atoms with E-state index in [2.05, 4.69) is 15.5 Å². The zero-order valence-electron chi connectivity index (χ0n) is 15.3. The van der Waals surface area contributed by atoms with Crippen molar-refractivity contribution in [3.63, 3.8) is 0 Å². The van der Waals surface area contributed by atoms with Gasteiger partial charge in [-0.25, -0.2) is 9.18 Å². The molecule has 0 saturated carbocycles. The van der Waals surface area contributed by atoms with E-state index >= 15 is 0 Å². The Kier molecular flexibility index (Phi) is 5.53. The molecule has 0 radical (unpaired) electrons. The quantitative estimate of drug-likeness (QED) is 0.639. The molecule has 1 aromatic carbocycles. The van der Waals surface area contributed by atoms with Crippen molar-refractivity contribution in [1.29, 1.82) is 0 Å². The van der Waals surface area contributed by atoms with Gasteiger partial charge in [-0.3, -0.25) is 4.79 Å². The third kappa shape index (κ3) is 4.43. The van der Waals surface area contributed by atoms with Crippen LogP contribution >= 0.6 is 0 Å². The molecule has 2 heterocycles. The lowest BCUT2D eigenvalue weighted by molar-refractivity contribution is -0.121. The number of aryl methyl sites for hydroxylation is 3. The predicted octanol–water partition coefficient (Wildman–Crippen LogP) is 3.03. The van der Waals surface area contributed by atoms with Crippen LogP contribution in [0.5, 0.6) is 0 Å². The molecule has 146 valence electrons. The molecule has 2 N–H and O–H groups in total. The average Bonchev–Trinajstić information content (AvgIpc) is 3.27. The average molecular weight is 387 g/mol. The van der Waals surface area contributed by atoms with E-state index in [1.807, 2.05) is 0 Å². The van der Waals surface area contributed by atoms with E-state index in [1.54, 1.807) is 26.0 Å². The summed E-state index contributed by atoms with van der Waals surface area (Å²) < 4.78 is 24.0. The van der Waals surface area contributed by atoms with Gasteiger partial charge in [0.25, 0.3) is 0 Å². The zero-order chi connectivity index (χ0) is 20.3. The van der Waals surface area contributed by atoms with Crippen molar-refractivity contribution < 1.29 is 28.0 Å². The minimum atomic E-state index is -1.08. The van der Waals surface area contributed by atoms with Crippen molar-refractivity contribution in [2.24, 2.45) is 0 Å². The second-order valence-electron chi connectivity index (χ2n) is 6.24. The van der Waals surface area contributed by atoms with Gasteiger partial charge >= 0.3 is 5.97 Å². The molecule has 2 aromatic heterocycles. The SMILES string of the molecule is Cc1ccc(-c2noc(CCC(=O)NCc3cc(C(=O)O)c(C)o3)n2)cc1F. The van der Waals surface area contributed by atoms with Gasteiger partial charge in [-0.05, 0) is 31.5 Å². The smallest absolute Gasteiger partial charge is 0.339 e. The van der Waals surface area contributed by atoms with E-state index in [-0.39, 0.29) is 54.1 Å². The van der Waals surface area contributed by atoms with Crippen LogP contribution in [0.2, 0.25) is 0 Å². The number of carboxylic acids is 1. The number of hydrogen-bond acceptors (Lipinski definition) is 6. The number of furan rings is 1. The highest BCUT2D eigenvalue weighted by atomic mass is 19.1. The molecule has 28 heavy (non-hydrogen) atoms. The van der Waals surface area contributed by atoms with Crippen molar-refractivity contribution in [2.45, 2.75) is 33.2 Å². The van der Waals surface area contributed by atoms with E-state index in [0.29, 0.717) is 16.9 Å². The van der Waals surface area contributed by atoms with Gasteiger partial charge in [-0.1, -0.05) is 17.3 Å². The number of carboxylic acid groups (broad SMARTS) is 1. The minimum Gasteiger partial charge on any atom is -0.478 e. The third-order valence-electron chi connectivity index (χ3n) is 4.12. The molecule has 0 aliphatic heterocycles. The summed E-state index contributed by atoms with van der Waals surface area (Å²) in [5.41, 5.74) is 1.08. The van der Waals surface area contributed by atoms with E-state index in [4.69, 9.17) is 14.0 Å². The first-order valence-electron chi connectivity index (χ1n) is 8.52. The van der Waals surface area contributed by atoms with Gasteiger partial charge in [0.05, 0.1) is 6.54 Å². The lowest BCUT2D eigenvalue weighted by Crippen LogP contribution is -2.22. The van der Waals surface area contributed by atoms with E-state index in [1.165, 1.54) is 12.1 Å². The lowest BCUT2D eigenvalue weighted by atomic mass is 10.1. The van der Waals surface area contributed by atoms with Crippen molar-refractivity contribution in [3.8, 4) is 11.4 Å². The van der Waals surface area contributed by atoms with Crippen LogP contribution in [0.4, 0.5) is 4.39 Å². The summed E-state index contributed by atoms with van der Waals surface area (Å²) in [6.07, 6.45) is 0.306. The zero-order valence-corrected chi connectivity index (χ0v) is 15.3. The molecule has 0 atom stereocenters. The Labute approximate surface area is 159 Å². The Hall–Kier alpha value is -3.49. The Bertz CT molecular complexity index is 1020. The van der Waals surface area contributed by atoms with Crippen LogP contribution in [0, 0.1) is 19.7 Å². The summed E-state index contributed by atoms with van der Waals surface area (Å²) in [6, 6.07) is 6.02. The van der Waals surface area contributed by atoms with Crippen LogP contribution in [0.15, 0.2) is 33.2 Å². The minimum absolute atomic E-state index is 0.0650. The fourth-order valence-corrected chi connectivity index (χ4v) is 2.54. The van der Waals surface area contributed by atoms with Gasteiger partial charge in [-0.15, -0.1) is 0 Å². The summed E-state index contributed by atoms with van der Waals surface area (Å²) in [4.78, 5) is 27.1. The molecular formula is C19H18FN3O5. The first-order chi connectivity index (χ1) is 13.3. The molecule has 1 amide bonds. The fraction of sp³-hybridized carbons (Fsp3) is 0.263. The summed E-state index contributed by atoms with van der Waals surface area (Å²) in [5.74, 6) is -0.587. The maximum atomic E-state index is 13.6. The molecule has 0 bridgehead atoms. The number of amides is 1. The molecule has 9 heteroatoms. The first kappa shape index (κ1) is 19.3. The molecule has 0 unspecified atom stereocenters. The second-order valence-corrected chi connectivity index (χ2v) is 6.24. The van der Waals surface area contributed by atoms with Gasteiger partial charge < -0.3 is 19.4 Å². The summed E-state index contributed by atoms with van der Waals surface area (Å²) in [5, 5.41) is 15.4. The number of aromatic nitrogens is 2. The highest BCUT2D eigenvalue weighted by molar-refractivity contribution is 5.88. The van der Waals surface area contributed by atoms with Crippen LogP contribution < -0.4 is 5.32 Å². The Morgan fingerprint density at radius 2 is 2.04 bits per heavy atom. The van der Waals surface area contributed by atoms with E-state index in [9.17, 15) is 14.0 Å². The standard InChI is InChI=1S/C19H18FN3O5/c1-10-3-4-12(7-15(10)20)18-22-17(28-23-18)6-5-16(24)21-9-13-8-14(19(25)26)11(2)27-13/h3-4,7-8H,5-6,9H2,1-2H3,(H,21,24)(H,25,26). The number of benzene rings is 1. The van der Waals surface area contributed by atoms with Crippen molar-refractivity contribution in [1.82, 2.24) is 15.5 Å². The molecule has 3 aromatic rings. The molecule has 0 aliphatic rings. The van der Waals surface area contributed by atoms with Crippen molar-refractivity contribution in [3.05, 3.63) is 58.6 Å². The first-order valence-corrected chi connectivity index (χ1v) is 8.52. The molecule has 0 saturated heterocycles. The lowest BCUT2D eigenvalue weighted by Gasteiger charge is -2.01. The molecule has 3 rings (SSSR count). The summed E-state index contributed by atoms with van der Waals surface area (Å²) in [6.45, 7) is 3.28. The van der Waals surface area contributed by atoms with Gasteiger partial charge in [0.2, 0.25) is 17.6 Å². The molecule has 0 fully saturated rings. The van der Waals surface area contributed by atoms with Crippen LogP contribution in [0.1, 0.15) is 39.8 Å². The normalized spacial score (nSPS) is 10.8. The maximum Gasteiger partial charge on any atom is 0.339 e. The third-order valence-corrected chi connectivity index (χ3v) is 4.12. The topological polar surface area (TPSA) is 118 Å². The Balaban J connectivity index is 1.52. The Morgan fingerprint density at radius 3 is 2.71 bits per heavy atom. The summed E-state index contributed by atoms with van der Waals surface area (Å²) >= 11 is 0. The highest BCUT2D eigenvalue weighted by Gasteiger charge is 2.15. The number of halogens is 1. The number of hydrogen-bond donors (Lipinski definition) is 2. The van der Waals surface area contributed by atoms with Gasteiger partial charge in [-0.2, -0.15) is 4.98 Å². The predicted molar refractivity (Wildman–Crippen MR) is 95.0 cm³/mol. The molecule has 8 nitrogen and oxygen atoms in total. The van der Waals surface area contributed by atoms with Gasteiger partial charge in [0, 0.05) is 18.4 Å².